The summed E-state index contributed by atoms with van der Waals surface area (Å²) < 4.78 is 14.1. The van der Waals surface area contributed by atoms with E-state index in [4.69, 9.17) is 0 Å². The first-order valence-corrected chi connectivity index (χ1v) is 7.74. The van der Waals surface area contributed by atoms with Gasteiger partial charge in [0.15, 0.2) is 0 Å². The zero-order chi connectivity index (χ0) is 14.5. The van der Waals surface area contributed by atoms with Crippen LogP contribution in [0, 0.1) is 5.82 Å². The monoisotopic (exact) mass is 335 g/mol. The van der Waals surface area contributed by atoms with Gasteiger partial charge in [-0.1, -0.05) is 44.2 Å². The van der Waals surface area contributed by atoms with Crippen LogP contribution in [0.15, 0.2) is 40.9 Å². The largest absolute Gasteiger partial charge is 0.380 e. The van der Waals surface area contributed by atoms with Gasteiger partial charge in [-0.15, -0.1) is 0 Å². The molecule has 106 valence electrons. The van der Waals surface area contributed by atoms with Gasteiger partial charge >= 0.3 is 0 Å². The van der Waals surface area contributed by atoms with E-state index in [1.165, 1.54) is 22.9 Å². The van der Waals surface area contributed by atoms with Crippen LogP contribution >= 0.6 is 15.9 Å². The van der Waals surface area contributed by atoms with Crippen LogP contribution in [0.4, 0.5) is 10.1 Å². The minimum atomic E-state index is -0.219. The molecule has 1 nitrogen and oxygen atoms in total. The lowest BCUT2D eigenvalue weighted by Gasteiger charge is -2.16. The van der Waals surface area contributed by atoms with Gasteiger partial charge in [-0.25, -0.2) is 4.39 Å². The first-order valence-electron chi connectivity index (χ1n) is 6.94. The lowest BCUT2D eigenvalue weighted by atomic mass is 10.0. The third kappa shape index (κ3) is 3.21. The second-order valence-corrected chi connectivity index (χ2v) is 5.52. The number of para-hydroxylation sites is 1. The van der Waals surface area contributed by atoms with E-state index in [1.807, 2.05) is 6.07 Å². The van der Waals surface area contributed by atoms with Crippen molar-refractivity contribution >= 4 is 21.6 Å². The van der Waals surface area contributed by atoms with Crippen molar-refractivity contribution in [1.82, 2.24) is 0 Å². The standard InChI is InChI=1S/C17H19BrFN/c1-3-12-7-5-8-13(4-2)17(12)20-11-14-9-6-10-15(19)16(14)18/h5-10,20H,3-4,11H2,1-2H3. The van der Waals surface area contributed by atoms with Crippen molar-refractivity contribution in [2.45, 2.75) is 33.2 Å². The Bertz CT molecular complexity index is 573. The van der Waals surface area contributed by atoms with E-state index in [-0.39, 0.29) is 5.82 Å². The Hall–Kier alpha value is -1.35. The zero-order valence-corrected chi connectivity index (χ0v) is 13.4. The molecule has 2 aromatic carbocycles. The van der Waals surface area contributed by atoms with Crippen molar-refractivity contribution in [2.75, 3.05) is 5.32 Å². The Labute approximate surface area is 128 Å². The van der Waals surface area contributed by atoms with Crippen LogP contribution < -0.4 is 5.32 Å². The van der Waals surface area contributed by atoms with Crippen LogP contribution in [-0.2, 0) is 19.4 Å². The van der Waals surface area contributed by atoms with Gasteiger partial charge in [-0.2, -0.15) is 0 Å². The van der Waals surface area contributed by atoms with Gasteiger partial charge in [0.25, 0.3) is 0 Å². The van der Waals surface area contributed by atoms with Gasteiger partial charge in [-0.3, -0.25) is 0 Å². The molecule has 0 radical (unpaired) electrons. The normalized spacial score (nSPS) is 10.6. The van der Waals surface area contributed by atoms with E-state index >= 15 is 0 Å². The molecule has 3 heteroatoms. The van der Waals surface area contributed by atoms with Crippen LogP contribution in [-0.4, -0.2) is 0 Å². The summed E-state index contributed by atoms with van der Waals surface area (Å²) in [5, 5.41) is 3.47. The van der Waals surface area contributed by atoms with Gasteiger partial charge in [0.05, 0.1) is 4.47 Å². The van der Waals surface area contributed by atoms with Gasteiger partial charge in [0, 0.05) is 12.2 Å². The number of benzene rings is 2. The molecule has 0 amide bonds. The average molecular weight is 336 g/mol. The SMILES string of the molecule is CCc1cccc(CC)c1NCc1cccc(F)c1Br. The fourth-order valence-electron chi connectivity index (χ4n) is 2.34. The van der Waals surface area contributed by atoms with Crippen LogP contribution in [0.2, 0.25) is 0 Å². The summed E-state index contributed by atoms with van der Waals surface area (Å²) in [7, 11) is 0. The fourth-order valence-corrected chi connectivity index (χ4v) is 2.74. The number of nitrogens with one attached hydrogen (secondary N) is 1. The summed E-state index contributed by atoms with van der Waals surface area (Å²) in [5.41, 5.74) is 4.72. The van der Waals surface area contributed by atoms with E-state index in [1.54, 1.807) is 6.07 Å². The second kappa shape index (κ2) is 6.89. The number of rotatable bonds is 5. The van der Waals surface area contributed by atoms with Crippen molar-refractivity contribution in [3.63, 3.8) is 0 Å². The highest BCUT2D eigenvalue weighted by atomic mass is 79.9. The first-order chi connectivity index (χ1) is 9.67. The van der Waals surface area contributed by atoms with Crippen molar-refractivity contribution < 1.29 is 4.39 Å². The summed E-state index contributed by atoms with van der Waals surface area (Å²) in [6.45, 7) is 4.92. The lowest BCUT2D eigenvalue weighted by Crippen LogP contribution is -2.06. The maximum absolute atomic E-state index is 13.5. The molecule has 0 atom stereocenters. The fraction of sp³-hybridized carbons (Fsp3) is 0.294. The summed E-state index contributed by atoms with van der Waals surface area (Å²) in [4.78, 5) is 0. The van der Waals surface area contributed by atoms with E-state index in [0.29, 0.717) is 11.0 Å². The molecule has 0 fully saturated rings. The molecule has 0 aromatic heterocycles. The molecule has 2 rings (SSSR count). The predicted molar refractivity (Wildman–Crippen MR) is 86.6 cm³/mol. The number of anilines is 1. The van der Waals surface area contributed by atoms with E-state index in [0.717, 1.165) is 18.4 Å². The van der Waals surface area contributed by atoms with Crippen molar-refractivity contribution in [1.29, 1.82) is 0 Å². The van der Waals surface area contributed by atoms with E-state index in [2.05, 4.69) is 53.3 Å². The van der Waals surface area contributed by atoms with Crippen molar-refractivity contribution in [2.24, 2.45) is 0 Å². The highest BCUT2D eigenvalue weighted by Crippen LogP contribution is 2.25. The third-order valence-corrected chi connectivity index (χ3v) is 4.37. The highest BCUT2D eigenvalue weighted by Gasteiger charge is 2.08. The molecule has 0 saturated heterocycles. The molecule has 0 unspecified atom stereocenters. The Balaban J connectivity index is 2.24. The van der Waals surface area contributed by atoms with Gasteiger partial charge in [0.1, 0.15) is 5.82 Å². The molecule has 0 bridgehead atoms. The average Bonchev–Trinajstić information content (AvgIpc) is 2.48. The first kappa shape index (κ1) is 15.0. The second-order valence-electron chi connectivity index (χ2n) is 4.72. The van der Waals surface area contributed by atoms with Gasteiger partial charge in [0.2, 0.25) is 0 Å². The van der Waals surface area contributed by atoms with Crippen molar-refractivity contribution in [3.05, 3.63) is 63.4 Å². The number of hydrogen-bond donors (Lipinski definition) is 1. The van der Waals surface area contributed by atoms with E-state index in [9.17, 15) is 4.39 Å². The van der Waals surface area contributed by atoms with Crippen LogP contribution in [0.3, 0.4) is 0 Å². The topological polar surface area (TPSA) is 12.0 Å². The lowest BCUT2D eigenvalue weighted by molar-refractivity contribution is 0.618. The maximum Gasteiger partial charge on any atom is 0.137 e. The summed E-state index contributed by atoms with van der Waals surface area (Å²) >= 11 is 3.31. The third-order valence-electron chi connectivity index (χ3n) is 3.49. The molecule has 0 aliphatic rings. The predicted octanol–water partition coefficient (Wildman–Crippen LogP) is 5.33. The summed E-state index contributed by atoms with van der Waals surface area (Å²) in [5.74, 6) is -0.219. The summed E-state index contributed by atoms with van der Waals surface area (Å²) in [6, 6.07) is 11.5. The quantitative estimate of drug-likeness (QED) is 0.779. The zero-order valence-electron chi connectivity index (χ0n) is 11.8. The minimum Gasteiger partial charge on any atom is -0.380 e. The summed E-state index contributed by atoms with van der Waals surface area (Å²) in [6.07, 6.45) is 1.97. The minimum absolute atomic E-state index is 0.219. The van der Waals surface area contributed by atoms with Crippen LogP contribution in [0.1, 0.15) is 30.5 Å². The van der Waals surface area contributed by atoms with Gasteiger partial charge in [-0.05, 0) is 51.5 Å². The van der Waals surface area contributed by atoms with Gasteiger partial charge < -0.3 is 5.32 Å². The molecular weight excluding hydrogens is 317 g/mol. The number of halogens is 2. The Kier molecular flexibility index (Phi) is 5.18. The van der Waals surface area contributed by atoms with Crippen molar-refractivity contribution in [3.8, 4) is 0 Å². The molecule has 0 heterocycles. The Morgan fingerprint density at radius 2 is 1.50 bits per heavy atom. The smallest absolute Gasteiger partial charge is 0.137 e. The highest BCUT2D eigenvalue weighted by molar-refractivity contribution is 9.10. The molecule has 0 spiro atoms. The molecule has 20 heavy (non-hydrogen) atoms. The molecule has 0 aliphatic heterocycles. The molecule has 0 saturated carbocycles. The molecular formula is C17H19BrFN. The number of hydrogen-bond acceptors (Lipinski definition) is 1. The maximum atomic E-state index is 13.5. The number of aryl methyl sites for hydroxylation is 2. The Morgan fingerprint density at radius 3 is 2.10 bits per heavy atom. The van der Waals surface area contributed by atoms with Crippen LogP contribution in [0.25, 0.3) is 0 Å². The van der Waals surface area contributed by atoms with Crippen LogP contribution in [0.5, 0.6) is 0 Å². The molecule has 1 N–H and O–H groups in total. The Morgan fingerprint density at radius 1 is 0.950 bits per heavy atom. The molecule has 0 aliphatic carbocycles. The molecule has 2 aromatic rings. The van der Waals surface area contributed by atoms with E-state index < -0.39 is 0 Å².